The number of hydrogen-bond donors (Lipinski definition) is 0. The number of hydrogen-bond acceptors (Lipinski definition) is 2. The maximum Gasteiger partial charge on any atom is 0.213 e. The highest BCUT2D eigenvalue weighted by atomic mass is 79.9. The Labute approximate surface area is 173 Å². The molecule has 3 nitrogen and oxygen atoms in total. The standard InChI is InChI=1S/C16H14BBrF2.C5H8N2O/c1-12(18)10-11-17(13-2-6-15(19)7-3-13)14-4-8-16(20)9-5-14;1-8-5-7-3-2-6-4-7/h2-10H,11H2,1H3;2-4H,5H2,1H3. The molecule has 0 spiro atoms. The molecule has 0 atom stereocenters. The molecule has 3 rings (SSSR count). The van der Waals surface area contributed by atoms with Crippen molar-refractivity contribution in [3.63, 3.8) is 0 Å². The van der Waals surface area contributed by atoms with Crippen molar-refractivity contribution >= 4 is 33.6 Å². The minimum atomic E-state index is -0.251. The van der Waals surface area contributed by atoms with Gasteiger partial charge in [0.15, 0.2) is 0 Å². The predicted octanol–water partition coefficient (Wildman–Crippen LogP) is 4.36. The molecule has 28 heavy (non-hydrogen) atoms. The van der Waals surface area contributed by atoms with E-state index in [1.165, 1.54) is 24.3 Å². The number of halogens is 3. The molecule has 0 bridgehead atoms. The summed E-state index contributed by atoms with van der Waals surface area (Å²) in [6.45, 7) is 2.63. The number of rotatable bonds is 6. The molecule has 1 heterocycles. The Morgan fingerprint density at radius 3 is 2.00 bits per heavy atom. The maximum absolute atomic E-state index is 13.1. The van der Waals surface area contributed by atoms with Crippen molar-refractivity contribution in [2.45, 2.75) is 20.0 Å². The molecule has 0 saturated carbocycles. The Balaban J connectivity index is 0.000000292. The summed E-state index contributed by atoms with van der Waals surface area (Å²) in [5.74, 6) is -0.502. The Kier molecular flexibility index (Phi) is 9.11. The lowest BCUT2D eigenvalue weighted by molar-refractivity contribution is 0.131. The molecule has 0 radical (unpaired) electrons. The molecule has 0 amide bonds. The van der Waals surface area contributed by atoms with Crippen molar-refractivity contribution in [3.05, 3.63) is 89.4 Å². The first-order valence-corrected chi connectivity index (χ1v) is 9.56. The van der Waals surface area contributed by atoms with E-state index in [4.69, 9.17) is 4.74 Å². The topological polar surface area (TPSA) is 27.1 Å². The molecule has 1 aromatic heterocycles. The number of imidazole rings is 1. The van der Waals surface area contributed by atoms with Crippen LogP contribution in [0.2, 0.25) is 6.32 Å². The SMILES string of the molecule is CC(Br)=CCB(c1ccc(F)cc1)c1ccc(F)cc1.COCn1ccnc1. The monoisotopic (exact) mass is 446 g/mol. The Morgan fingerprint density at radius 1 is 1.07 bits per heavy atom. The van der Waals surface area contributed by atoms with Crippen LogP contribution in [0.25, 0.3) is 0 Å². The van der Waals surface area contributed by atoms with Gasteiger partial charge in [-0.15, -0.1) is 0 Å². The van der Waals surface area contributed by atoms with Gasteiger partial charge in [-0.2, -0.15) is 0 Å². The minimum absolute atomic E-state index is 0.0868. The lowest BCUT2D eigenvalue weighted by Gasteiger charge is -2.13. The lowest BCUT2D eigenvalue weighted by Crippen LogP contribution is -2.41. The first kappa shape index (κ1) is 22.0. The van der Waals surface area contributed by atoms with Crippen LogP contribution in [-0.2, 0) is 11.5 Å². The van der Waals surface area contributed by atoms with Gasteiger partial charge in [-0.1, -0.05) is 57.2 Å². The zero-order valence-electron chi connectivity index (χ0n) is 15.9. The fourth-order valence-electron chi connectivity index (χ4n) is 2.65. The maximum atomic E-state index is 13.1. The van der Waals surface area contributed by atoms with Crippen molar-refractivity contribution in [3.8, 4) is 0 Å². The molecular formula is C21H22BBrF2N2O. The molecule has 146 valence electrons. The first-order valence-electron chi connectivity index (χ1n) is 8.77. The highest BCUT2D eigenvalue weighted by molar-refractivity contribution is 9.11. The molecular weight excluding hydrogens is 425 g/mol. The van der Waals surface area contributed by atoms with Gasteiger partial charge in [0, 0.05) is 19.5 Å². The molecule has 0 aliphatic rings. The highest BCUT2D eigenvalue weighted by Gasteiger charge is 2.18. The van der Waals surface area contributed by atoms with Crippen molar-refractivity contribution in [2.75, 3.05) is 7.11 Å². The largest absolute Gasteiger partial charge is 0.364 e. The quantitative estimate of drug-likeness (QED) is 0.526. The normalized spacial score (nSPS) is 11.0. The fourth-order valence-corrected chi connectivity index (χ4v) is 2.83. The number of benzene rings is 2. The van der Waals surface area contributed by atoms with Gasteiger partial charge in [0.25, 0.3) is 0 Å². The van der Waals surface area contributed by atoms with Crippen molar-refractivity contribution in [1.29, 1.82) is 0 Å². The van der Waals surface area contributed by atoms with Gasteiger partial charge in [-0.3, -0.25) is 0 Å². The van der Waals surface area contributed by atoms with Gasteiger partial charge in [0.2, 0.25) is 6.71 Å². The lowest BCUT2D eigenvalue weighted by atomic mass is 9.39. The number of aromatic nitrogens is 2. The Bertz CT molecular complexity index is 804. The molecule has 2 aromatic carbocycles. The van der Waals surface area contributed by atoms with E-state index < -0.39 is 0 Å². The molecule has 0 aliphatic carbocycles. The predicted molar refractivity (Wildman–Crippen MR) is 115 cm³/mol. The summed E-state index contributed by atoms with van der Waals surface area (Å²) in [6, 6.07) is 12.9. The second-order valence-electron chi connectivity index (χ2n) is 6.18. The van der Waals surface area contributed by atoms with Crippen LogP contribution in [0.5, 0.6) is 0 Å². The van der Waals surface area contributed by atoms with Crippen LogP contribution in [0.1, 0.15) is 6.92 Å². The summed E-state index contributed by atoms with van der Waals surface area (Å²) >= 11 is 3.41. The molecule has 0 unspecified atom stereocenters. The number of allylic oxidation sites excluding steroid dienone is 2. The average molecular weight is 447 g/mol. The van der Waals surface area contributed by atoms with E-state index in [2.05, 4.69) is 27.0 Å². The average Bonchev–Trinajstić information content (AvgIpc) is 3.18. The number of methoxy groups -OCH3 is 1. The summed E-state index contributed by atoms with van der Waals surface area (Å²) < 4.78 is 33.8. The van der Waals surface area contributed by atoms with E-state index in [0.717, 1.165) is 21.7 Å². The van der Waals surface area contributed by atoms with Gasteiger partial charge in [-0.25, -0.2) is 13.8 Å². The molecule has 0 N–H and O–H groups in total. The number of nitrogens with zero attached hydrogens (tertiary/aromatic N) is 2. The summed E-state index contributed by atoms with van der Waals surface area (Å²) in [6.07, 6.45) is 8.12. The number of ether oxygens (including phenoxy) is 1. The zero-order chi connectivity index (χ0) is 20.4. The van der Waals surface area contributed by atoms with Crippen LogP contribution in [0.15, 0.2) is 77.8 Å². The van der Waals surface area contributed by atoms with Crippen LogP contribution in [0.4, 0.5) is 8.78 Å². The van der Waals surface area contributed by atoms with Gasteiger partial charge >= 0.3 is 0 Å². The third-order valence-corrected chi connectivity index (χ3v) is 4.34. The van der Waals surface area contributed by atoms with Gasteiger partial charge in [0.1, 0.15) is 18.4 Å². The van der Waals surface area contributed by atoms with Crippen LogP contribution in [0, 0.1) is 11.6 Å². The van der Waals surface area contributed by atoms with Crippen LogP contribution in [-0.4, -0.2) is 23.4 Å². The third-order valence-electron chi connectivity index (χ3n) is 4.02. The second kappa shape index (κ2) is 11.6. The van der Waals surface area contributed by atoms with Crippen LogP contribution in [0.3, 0.4) is 0 Å². The first-order chi connectivity index (χ1) is 13.5. The summed E-state index contributed by atoms with van der Waals surface area (Å²) in [5.41, 5.74) is 2.03. The van der Waals surface area contributed by atoms with Gasteiger partial charge in [-0.05, 0) is 42.0 Å². The third kappa shape index (κ3) is 7.41. The van der Waals surface area contributed by atoms with E-state index in [1.807, 2.05) is 17.7 Å². The molecule has 0 aliphatic heterocycles. The summed E-state index contributed by atoms with van der Waals surface area (Å²) in [5, 5.41) is 0. The second-order valence-corrected chi connectivity index (χ2v) is 7.43. The smallest absolute Gasteiger partial charge is 0.213 e. The van der Waals surface area contributed by atoms with E-state index in [0.29, 0.717) is 6.73 Å². The van der Waals surface area contributed by atoms with E-state index in [-0.39, 0.29) is 18.3 Å². The van der Waals surface area contributed by atoms with Crippen molar-refractivity contribution in [2.24, 2.45) is 0 Å². The molecule has 3 aromatic rings. The fraction of sp³-hybridized carbons (Fsp3) is 0.190. The Morgan fingerprint density at radius 2 is 1.61 bits per heavy atom. The van der Waals surface area contributed by atoms with Gasteiger partial charge in [0.05, 0.1) is 6.33 Å². The molecule has 0 saturated heterocycles. The van der Waals surface area contributed by atoms with E-state index in [1.54, 1.807) is 43.9 Å². The highest BCUT2D eigenvalue weighted by Crippen LogP contribution is 2.08. The van der Waals surface area contributed by atoms with Crippen molar-refractivity contribution < 1.29 is 13.5 Å². The summed E-state index contributed by atoms with van der Waals surface area (Å²) in [4.78, 5) is 3.82. The molecule has 0 fully saturated rings. The van der Waals surface area contributed by atoms with E-state index in [9.17, 15) is 8.78 Å². The molecule has 7 heteroatoms. The summed E-state index contributed by atoms with van der Waals surface area (Å²) in [7, 11) is 1.65. The van der Waals surface area contributed by atoms with Crippen LogP contribution >= 0.6 is 15.9 Å². The van der Waals surface area contributed by atoms with E-state index >= 15 is 0 Å². The Hall–Kier alpha value is -2.25. The van der Waals surface area contributed by atoms with Crippen LogP contribution < -0.4 is 10.9 Å². The minimum Gasteiger partial charge on any atom is -0.364 e. The zero-order valence-corrected chi connectivity index (χ0v) is 17.4. The van der Waals surface area contributed by atoms with Gasteiger partial charge < -0.3 is 9.30 Å². The van der Waals surface area contributed by atoms with Crippen molar-refractivity contribution in [1.82, 2.24) is 9.55 Å².